The Kier molecular flexibility index (Phi) is 6.42. The van der Waals surface area contributed by atoms with Gasteiger partial charge in [0.25, 0.3) is 0 Å². The van der Waals surface area contributed by atoms with Crippen molar-refractivity contribution in [2.24, 2.45) is 10.7 Å². The molecule has 0 saturated heterocycles. The number of aliphatic imine (C=N–C) groups is 1. The predicted molar refractivity (Wildman–Crippen MR) is 95.0 cm³/mol. The van der Waals surface area contributed by atoms with Crippen molar-refractivity contribution in [3.8, 4) is 0 Å². The highest BCUT2D eigenvalue weighted by Crippen LogP contribution is 2.24. The van der Waals surface area contributed by atoms with Gasteiger partial charge in [0.2, 0.25) is 0 Å². The van der Waals surface area contributed by atoms with E-state index >= 15 is 0 Å². The summed E-state index contributed by atoms with van der Waals surface area (Å²) >= 11 is 0. The summed E-state index contributed by atoms with van der Waals surface area (Å²) in [4.78, 5) is 23.1. The first-order valence-corrected chi connectivity index (χ1v) is 7.90. The van der Waals surface area contributed by atoms with Crippen molar-refractivity contribution in [3.05, 3.63) is 71.3 Å². The third kappa shape index (κ3) is 4.99. The third-order valence-corrected chi connectivity index (χ3v) is 3.77. The van der Waals surface area contributed by atoms with E-state index in [1.165, 1.54) is 16.7 Å². The van der Waals surface area contributed by atoms with E-state index in [4.69, 9.17) is 30.5 Å². The Morgan fingerprint density at radius 1 is 1.00 bits per heavy atom. The number of carbonyl (C=O) groups is 2. The molecule has 1 aliphatic heterocycles. The van der Waals surface area contributed by atoms with Crippen molar-refractivity contribution < 1.29 is 19.8 Å². The van der Waals surface area contributed by atoms with Crippen LogP contribution in [0.5, 0.6) is 0 Å². The van der Waals surface area contributed by atoms with E-state index in [2.05, 4.69) is 48.5 Å². The second-order valence-electron chi connectivity index (χ2n) is 5.55. The van der Waals surface area contributed by atoms with Crippen LogP contribution in [-0.2, 0) is 16.0 Å². The molecular formula is C19H20N2O4. The van der Waals surface area contributed by atoms with Gasteiger partial charge in [0, 0.05) is 11.1 Å². The topological polar surface area (TPSA) is 113 Å². The lowest BCUT2D eigenvalue weighted by Crippen LogP contribution is -2.24. The van der Waals surface area contributed by atoms with E-state index < -0.39 is 11.9 Å². The van der Waals surface area contributed by atoms with Gasteiger partial charge < -0.3 is 15.9 Å². The fraction of sp³-hybridized carbons (Fsp3) is 0.211. The average Bonchev–Trinajstić information content (AvgIpc) is 2.62. The Hall–Kier alpha value is -2.99. The van der Waals surface area contributed by atoms with E-state index in [1.807, 2.05) is 6.07 Å². The standard InChI is InChI=1S/C17H18N2.C2H2O4/c18-11-10-15-12-14-8-4-5-9-16(14)17(19-15)13-6-2-1-3-7-13;3-1(4)2(5)6/h1-9,15H,10-12,18H2;(H,3,4)(H,5,6). The van der Waals surface area contributed by atoms with E-state index in [0.717, 1.165) is 18.6 Å². The van der Waals surface area contributed by atoms with Crippen molar-refractivity contribution in [1.82, 2.24) is 0 Å². The third-order valence-electron chi connectivity index (χ3n) is 3.77. The van der Waals surface area contributed by atoms with Crippen molar-refractivity contribution in [3.63, 3.8) is 0 Å². The van der Waals surface area contributed by atoms with E-state index in [9.17, 15) is 0 Å². The van der Waals surface area contributed by atoms with E-state index in [-0.39, 0.29) is 0 Å². The molecule has 0 aliphatic carbocycles. The molecule has 4 N–H and O–H groups in total. The zero-order valence-corrected chi connectivity index (χ0v) is 13.6. The van der Waals surface area contributed by atoms with Gasteiger partial charge in [-0.25, -0.2) is 9.59 Å². The molecule has 0 fully saturated rings. The predicted octanol–water partition coefficient (Wildman–Crippen LogP) is 1.95. The van der Waals surface area contributed by atoms with Gasteiger partial charge in [0.15, 0.2) is 0 Å². The Labute approximate surface area is 145 Å². The van der Waals surface area contributed by atoms with Crippen LogP contribution < -0.4 is 5.73 Å². The lowest BCUT2D eigenvalue weighted by atomic mass is 9.89. The van der Waals surface area contributed by atoms with Gasteiger partial charge in [-0.3, -0.25) is 4.99 Å². The van der Waals surface area contributed by atoms with Gasteiger partial charge in [0.1, 0.15) is 0 Å². The lowest BCUT2D eigenvalue weighted by molar-refractivity contribution is -0.159. The first-order chi connectivity index (χ1) is 12.0. The molecule has 0 spiro atoms. The van der Waals surface area contributed by atoms with Crippen LogP contribution in [0.1, 0.15) is 23.1 Å². The Morgan fingerprint density at radius 3 is 2.20 bits per heavy atom. The van der Waals surface area contributed by atoms with Gasteiger partial charge in [-0.2, -0.15) is 0 Å². The summed E-state index contributed by atoms with van der Waals surface area (Å²) in [5.74, 6) is -3.65. The van der Waals surface area contributed by atoms with Crippen LogP contribution in [0.2, 0.25) is 0 Å². The minimum Gasteiger partial charge on any atom is -0.473 e. The van der Waals surface area contributed by atoms with Crippen molar-refractivity contribution >= 4 is 17.7 Å². The quantitative estimate of drug-likeness (QED) is 0.739. The Morgan fingerprint density at radius 2 is 1.60 bits per heavy atom. The van der Waals surface area contributed by atoms with Crippen molar-refractivity contribution in [2.75, 3.05) is 6.54 Å². The minimum absolute atomic E-state index is 0.315. The second kappa shape index (κ2) is 8.75. The fourth-order valence-electron chi connectivity index (χ4n) is 2.67. The van der Waals surface area contributed by atoms with E-state index in [1.54, 1.807) is 0 Å². The maximum absolute atomic E-state index is 9.10. The molecule has 3 rings (SSSR count). The average molecular weight is 340 g/mol. The summed E-state index contributed by atoms with van der Waals surface area (Å²) in [7, 11) is 0. The molecule has 1 aliphatic rings. The molecule has 130 valence electrons. The number of nitrogens with zero attached hydrogens (tertiary/aromatic N) is 1. The molecule has 1 heterocycles. The van der Waals surface area contributed by atoms with Gasteiger partial charge in [0.05, 0.1) is 11.8 Å². The van der Waals surface area contributed by atoms with Gasteiger partial charge >= 0.3 is 11.9 Å². The number of fused-ring (bicyclic) bond motifs is 1. The second-order valence-corrected chi connectivity index (χ2v) is 5.55. The number of rotatable bonds is 3. The zero-order valence-electron chi connectivity index (χ0n) is 13.6. The number of aliphatic carboxylic acids is 2. The smallest absolute Gasteiger partial charge is 0.414 e. The summed E-state index contributed by atoms with van der Waals surface area (Å²) in [6, 6.07) is 19.3. The van der Waals surface area contributed by atoms with Crippen LogP contribution in [0.15, 0.2) is 59.6 Å². The van der Waals surface area contributed by atoms with Crippen LogP contribution in [0.4, 0.5) is 0 Å². The number of carboxylic acids is 2. The zero-order chi connectivity index (χ0) is 18.2. The molecular weight excluding hydrogens is 320 g/mol. The molecule has 25 heavy (non-hydrogen) atoms. The summed E-state index contributed by atoms with van der Waals surface area (Å²) in [6.45, 7) is 0.693. The first-order valence-electron chi connectivity index (χ1n) is 7.90. The minimum atomic E-state index is -1.82. The largest absolute Gasteiger partial charge is 0.473 e. The molecule has 0 amide bonds. The molecule has 0 saturated carbocycles. The van der Waals surface area contributed by atoms with Crippen LogP contribution in [0, 0.1) is 0 Å². The highest BCUT2D eigenvalue weighted by Gasteiger charge is 2.20. The summed E-state index contributed by atoms with van der Waals surface area (Å²) in [5.41, 5.74) is 10.6. The fourth-order valence-corrected chi connectivity index (χ4v) is 2.67. The summed E-state index contributed by atoms with van der Waals surface area (Å²) < 4.78 is 0. The normalized spacial score (nSPS) is 15.2. The molecule has 2 aromatic carbocycles. The lowest BCUT2D eigenvalue weighted by Gasteiger charge is -2.23. The molecule has 6 nitrogen and oxygen atoms in total. The molecule has 0 radical (unpaired) electrons. The van der Waals surface area contributed by atoms with Crippen molar-refractivity contribution in [2.45, 2.75) is 18.9 Å². The molecule has 1 unspecified atom stereocenters. The summed E-state index contributed by atoms with van der Waals surface area (Å²) in [5, 5.41) is 14.8. The van der Waals surface area contributed by atoms with Crippen LogP contribution in [0.3, 0.4) is 0 Å². The molecule has 1 atom stereocenters. The van der Waals surface area contributed by atoms with Gasteiger partial charge in [-0.15, -0.1) is 0 Å². The number of hydrogen-bond donors (Lipinski definition) is 3. The molecule has 0 bridgehead atoms. The molecule has 2 aromatic rings. The van der Waals surface area contributed by atoms with E-state index in [0.29, 0.717) is 12.6 Å². The monoisotopic (exact) mass is 340 g/mol. The number of nitrogens with two attached hydrogens (primary N) is 1. The first kappa shape index (κ1) is 18.4. The van der Waals surface area contributed by atoms with Crippen LogP contribution in [-0.4, -0.2) is 40.4 Å². The highest BCUT2D eigenvalue weighted by molar-refractivity contribution is 6.27. The Balaban J connectivity index is 0.000000326. The van der Waals surface area contributed by atoms with Crippen LogP contribution >= 0.6 is 0 Å². The maximum Gasteiger partial charge on any atom is 0.414 e. The van der Waals surface area contributed by atoms with Gasteiger partial charge in [-0.1, -0.05) is 54.6 Å². The number of carboxylic acid groups (broad SMARTS) is 2. The number of benzene rings is 2. The summed E-state index contributed by atoms with van der Waals surface area (Å²) in [6.07, 6.45) is 1.95. The van der Waals surface area contributed by atoms with Gasteiger partial charge in [-0.05, 0) is 24.9 Å². The number of hydrogen-bond acceptors (Lipinski definition) is 4. The maximum atomic E-state index is 9.10. The highest BCUT2D eigenvalue weighted by atomic mass is 16.4. The molecule has 6 heteroatoms. The molecule has 0 aromatic heterocycles. The Bertz CT molecular complexity index is 760. The van der Waals surface area contributed by atoms with Crippen LogP contribution in [0.25, 0.3) is 0 Å². The van der Waals surface area contributed by atoms with Crippen molar-refractivity contribution in [1.29, 1.82) is 0 Å². The SMILES string of the molecule is NCCC1Cc2ccccc2C(c2ccccc2)=N1.O=C(O)C(=O)O.